The molecule has 0 atom stereocenters. The molecule has 4 heteroatoms. The highest BCUT2D eigenvalue weighted by molar-refractivity contribution is 5.44. The zero-order valence-electron chi connectivity index (χ0n) is 20.5. The van der Waals surface area contributed by atoms with E-state index in [1.807, 2.05) is 24.3 Å². The van der Waals surface area contributed by atoms with Gasteiger partial charge < -0.3 is 4.74 Å². The minimum atomic E-state index is 0.620. The van der Waals surface area contributed by atoms with Crippen molar-refractivity contribution in [1.82, 2.24) is 0 Å². The van der Waals surface area contributed by atoms with Crippen LogP contribution in [0, 0.1) is 11.3 Å². The average molecular weight is 448 g/mol. The Morgan fingerprint density at radius 2 is 1.03 bits per heavy atom. The summed E-state index contributed by atoms with van der Waals surface area (Å²) in [4.78, 5) is 0. The number of benzene rings is 2. The molecule has 0 fully saturated rings. The quantitative estimate of drug-likeness (QED) is 0.169. The first-order chi connectivity index (χ1) is 16.3. The molecule has 0 aliphatic carbocycles. The number of azo groups is 1. The SMILES string of the molecule is CCCCCCCCCCCCCCCCOc1ccc(N=Nc2ccc(C#N)cc2)cc1. The van der Waals surface area contributed by atoms with Crippen LogP contribution in [0.2, 0.25) is 0 Å². The van der Waals surface area contributed by atoms with Crippen molar-refractivity contribution < 1.29 is 4.74 Å². The zero-order chi connectivity index (χ0) is 23.4. The van der Waals surface area contributed by atoms with Gasteiger partial charge in [0.15, 0.2) is 0 Å². The van der Waals surface area contributed by atoms with Crippen molar-refractivity contribution in [3.8, 4) is 11.8 Å². The second-order valence-electron chi connectivity index (χ2n) is 8.80. The van der Waals surface area contributed by atoms with E-state index in [1.165, 1.54) is 83.5 Å². The third-order valence-corrected chi connectivity index (χ3v) is 5.88. The monoisotopic (exact) mass is 447 g/mol. The van der Waals surface area contributed by atoms with Gasteiger partial charge in [-0.25, -0.2) is 0 Å². The van der Waals surface area contributed by atoms with Crippen LogP contribution in [-0.4, -0.2) is 6.61 Å². The van der Waals surface area contributed by atoms with Gasteiger partial charge in [0.25, 0.3) is 0 Å². The Kier molecular flexibility index (Phi) is 14.4. The number of hydrogen-bond donors (Lipinski definition) is 0. The number of nitrogens with zero attached hydrogens (tertiary/aromatic N) is 3. The molecule has 0 N–H and O–H groups in total. The minimum absolute atomic E-state index is 0.620. The molecule has 0 aliphatic rings. The van der Waals surface area contributed by atoms with E-state index >= 15 is 0 Å². The largest absolute Gasteiger partial charge is 0.494 e. The highest BCUT2D eigenvalue weighted by Gasteiger charge is 1.98. The first-order valence-electron chi connectivity index (χ1n) is 13.0. The van der Waals surface area contributed by atoms with E-state index in [-0.39, 0.29) is 0 Å². The Morgan fingerprint density at radius 3 is 1.48 bits per heavy atom. The summed E-state index contributed by atoms with van der Waals surface area (Å²) in [5, 5.41) is 17.3. The van der Waals surface area contributed by atoms with Crippen molar-refractivity contribution in [3.05, 3.63) is 54.1 Å². The maximum atomic E-state index is 8.83. The first kappa shape index (κ1) is 26.6. The third-order valence-electron chi connectivity index (χ3n) is 5.88. The Balaban J connectivity index is 1.45. The first-order valence-corrected chi connectivity index (χ1v) is 13.0. The molecule has 0 aromatic heterocycles. The average Bonchev–Trinajstić information content (AvgIpc) is 2.86. The van der Waals surface area contributed by atoms with Crippen LogP contribution in [0.25, 0.3) is 0 Å². The van der Waals surface area contributed by atoms with E-state index in [0.29, 0.717) is 5.56 Å². The highest BCUT2D eigenvalue weighted by Crippen LogP contribution is 2.22. The number of nitriles is 1. The lowest BCUT2D eigenvalue weighted by atomic mass is 10.0. The van der Waals surface area contributed by atoms with Crippen molar-refractivity contribution in [2.45, 2.75) is 96.8 Å². The standard InChI is InChI=1S/C29H41N3O/c1-2-3-4-5-6-7-8-9-10-11-12-13-14-15-24-33-29-22-20-28(21-23-29)32-31-27-18-16-26(25-30)17-19-27/h16-23H,2-15,24H2,1H3. The molecule has 33 heavy (non-hydrogen) atoms. The van der Waals surface area contributed by atoms with Crippen molar-refractivity contribution in [1.29, 1.82) is 5.26 Å². The van der Waals surface area contributed by atoms with Gasteiger partial charge in [0.05, 0.1) is 29.6 Å². The summed E-state index contributed by atoms with van der Waals surface area (Å²) in [6.07, 6.45) is 19.1. The number of rotatable bonds is 18. The molecule has 0 radical (unpaired) electrons. The number of ether oxygens (including phenoxy) is 1. The van der Waals surface area contributed by atoms with Crippen LogP contribution >= 0.6 is 0 Å². The van der Waals surface area contributed by atoms with E-state index in [9.17, 15) is 0 Å². The Hall–Kier alpha value is -2.67. The lowest BCUT2D eigenvalue weighted by Crippen LogP contribution is -1.96. The molecule has 2 rings (SSSR count). The third kappa shape index (κ3) is 12.8. The van der Waals surface area contributed by atoms with Gasteiger partial charge in [0.2, 0.25) is 0 Å². The smallest absolute Gasteiger partial charge is 0.119 e. The predicted molar refractivity (Wildman–Crippen MR) is 138 cm³/mol. The Bertz CT molecular complexity index is 806. The molecular formula is C29H41N3O. The summed E-state index contributed by atoms with van der Waals surface area (Å²) >= 11 is 0. The molecule has 4 nitrogen and oxygen atoms in total. The predicted octanol–water partition coefficient (Wildman–Crippen LogP) is 9.83. The summed E-state index contributed by atoms with van der Waals surface area (Å²) in [7, 11) is 0. The maximum Gasteiger partial charge on any atom is 0.119 e. The normalized spacial score (nSPS) is 11.0. The molecule has 178 valence electrons. The van der Waals surface area contributed by atoms with Crippen LogP contribution in [0.4, 0.5) is 11.4 Å². The molecule has 2 aromatic rings. The van der Waals surface area contributed by atoms with Gasteiger partial charge in [-0.3, -0.25) is 0 Å². The highest BCUT2D eigenvalue weighted by atomic mass is 16.5. The number of unbranched alkanes of at least 4 members (excludes halogenated alkanes) is 13. The topological polar surface area (TPSA) is 57.7 Å². The van der Waals surface area contributed by atoms with E-state index < -0.39 is 0 Å². The molecule has 0 aliphatic heterocycles. The molecule has 2 aromatic carbocycles. The lowest BCUT2D eigenvalue weighted by molar-refractivity contribution is 0.304. The zero-order valence-corrected chi connectivity index (χ0v) is 20.5. The van der Waals surface area contributed by atoms with Gasteiger partial charge in [-0.05, 0) is 55.0 Å². The molecule has 0 saturated carbocycles. The minimum Gasteiger partial charge on any atom is -0.494 e. The molecule has 0 unspecified atom stereocenters. The van der Waals surface area contributed by atoms with Crippen molar-refractivity contribution >= 4 is 11.4 Å². The summed E-state index contributed by atoms with van der Waals surface area (Å²) in [6, 6.07) is 16.9. The van der Waals surface area contributed by atoms with Crippen molar-refractivity contribution in [2.24, 2.45) is 10.2 Å². The van der Waals surface area contributed by atoms with Gasteiger partial charge >= 0.3 is 0 Å². The van der Waals surface area contributed by atoms with Crippen LogP contribution in [0.15, 0.2) is 58.8 Å². The molecule has 0 saturated heterocycles. The second-order valence-corrected chi connectivity index (χ2v) is 8.80. The molecule has 0 amide bonds. The van der Waals surface area contributed by atoms with Crippen LogP contribution in [-0.2, 0) is 0 Å². The fourth-order valence-electron chi connectivity index (χ4n) is 3.81. The summed E-state index contributed by atoms with van der Waals surface area (Å²) in [5.41, 5.74) is 2.13. The fraction of sp³-hybridized carbons (Fsp3) is 0.552. The van der Waals surface area contributed by atoms with E-state index in [4.69, 9.17) is 10.00 Å². The maximum absolute atomic E-state index is 8.83. The van der Waals surface area contributed by atoms with Gasteiger partial charge in [-0.2, -0.15) is 15.5 Å². The van der Waals surface area contributed by atoms with E-state index in [0.717, 1.165) is 30.2 Å². The van der Waals surface area contributed by atoms with Crippen LogP contribution in [0.1, 0.15) is 102 Å². The second kappa shape index (κ2) is 17.8. The summed E-state index contributed by atoms with van der Waals surface area (Å²) < 4.78 is 5.85. The van der Waals surface area contributed by atoms with Crippen LogP contribution < -0.4 is 4.74 Å². The van der Waals surface area contributed by atoms with Gasteiger partial charge in [0, 0.05) is 0 Å². The summed E-state index contributed by atoms with van der Waals surface area (Å²) in [5.74, 6) is 0.877. The van der Waals surface area contributed by atoms with Crippen LogP contribution in [0.3, 0.4) is 0 Å². The van der Waals surface area contributed by atoms with Gasteiger partial charge in [-0.15, -0.1) is 0 Å². The van der Waals surface area contributed by atoms with E-state index in [1.54, 1.807) is 24.3 Å². The Labute approximate surface area is 201 Å². The number of hydrogen-bond acceptors (Lipinski definition) is 4. The lowest BCUT2D eigenvalue weighted by Gasteiger charge is -2.06. The van der Waals surface area contributed by atoms with Crippen molar-refractivity contribution in [3.63, 3.8) is 0 Å². The van der Waals surface area contributed by atoms with E-state index in [2.05, 4.69) is 23.2 Å². The molecule has 0 bridgehead atoms. The Morgan fingerprint density at radius 1 is 0.606 bits per heavy atom. The van der Waals surface area contributed by atoms with Gasteiger partial charge in [-0.1, -0.05) is 90.4 Å². The molecule has 0 heterocycles. The van der Waals surface area contributed by atoms with Gasteiger partial charge in [0.1, 0.15) is 5.75 Å². The fourth-order valence-corrected chi connectivity index (χ4v) is 3.81. The van der Waals surface area contributed by atoms with Crippen LogP contribution in [0.5, 0.6) is 5.75 Å². The van der Waals surface area contributed by atoms with Crippen molar-refractivity contribution in [2.75, 3.05) is 6.61 Å². The molecular weight excluding hydrogens is 406 g/mol. The summed E-state index contributed by atoms with van der Waals surface area (Å²) in [6.45, 7) is 3.05. The molecule has 0 spiro atoms.